The third kappa shape index (κ3) is 7.30. The van der Waals surface area contributed by atoms with Gasteiger partial charge in [-0.05, 0) is 44.0 Å². The fourth-order valence-corrected chi connectivity index (χ4v) is 3.16. The minimum Gasteiger partial charge on any atom is -0.491 e. The van der Waals surface area contributed by atoms with E-state index in [2.05, 4.69) is 10.0 Å². The van der Waals surface area contributed by atoms with Crippen molar-refractivity contribution < 1.29 is 27.9 Å². The minimum atomic E-state index is -3.97. The number of ether oxygens (including phenoxy) is 1. The Balaban J connectivity index is 2.70. The summed E-state index contributed by atoms with van der Waals surface area (Å²) < 4.78 is 32.0. The smallest absolute Gasteiger partial charge is 0.326 e. The van der Waals surface area contributed by atoms with E-state index in [-0.39, 0.29) is 17.7 Å². The molecule has 3 N–H and O–H groups in total. The van der Waals surface area contributed by atoms with Crippen LogP contribution in [0.1, 0.15) is 34.1 Å². The van der Waals surface area contributed by atoms with Gasteiger partial charge in [0.05, 0.1) is 6.10 Å². The van der Waals surface area contributed by atoms with Crippen molar-refractivity contribution in [3.63, 3.8) is 0 Å². The third-order valence-electron chi connectivity index (χ3n) is 3.62. The van der Waals surface area contributed by atoms with E-state index in [0.29, 0.717) is 12.2 Å². The van der Waals surface area contributed by atoms with Crippen LogP contribution in [0.3, 0.4) is 0 Å². The van der Waals surface area contributed by atoms with Gasteiger partial charge < -0.3 is 15.2 Å². The molecule has 0 aromatic heterocycles. The highest BCUT2D eigenvalue weighted by Gasteiger charge is 2.27. The Kier molecular flexibility index (Phi) is 7.88. The molecule has 0 aliphatic heterocycles. The van der Waals surface area contributed by atoms with Crippen LogP contribution in [-0.4, -0.2) is 43.3 Å². The van der Waals surface area contributed by atoms with Gasteiger partial charge in [0.15, 0.2) is 0 Å². The zero-order chi connectivity index (χ0) is 19.9. The highest BCUT2D eigenvalue weighted by molar-refractivity contribution is 7.93. The number of carbonyl (C=O) groups excluding carboxylic acids is 1. The molecule has 0 saturated heterocycles. The number of carbonyl (C=O) groups is 2. The second-order valence-corrected chi connectivity index (χ2v) is 8.04. The van der Waals surface area contributed by atoms with Gasteiger partial charge in [-0.2, -0.15) is 0 Å². The number of carboxylic acids is 1. The lowest BCUT2D eigenvalue weighted by molar-refractivity contribution is -0.143. The molecule has 0 aliphatic carbocycles. The Morgan fingerprint density at radius 2 is 1.73 bits per heavy atom. The first-order valence-corrected chi connectivity index (χ1v) is 9.98. The number of hydrogen-bond donors (Lipinski definition) is 3. The number of benzene rings is 1. The van der Waals surface area contributed by atoms with Crippen LogP contribution in [0.4, 0.5) is 5.69 Å². The highest BCUT2D eigenvalue weighted by atomic mass is 32.2. The molecule has 0 radical (unpaired) electrons. The van der Waals surface area contributed by atoms with Crippen LogP contribution in [0.2, 0.25) is 0 Å². The second kappa shape index (κ2) is 9.42. The van der Waals surface area contributed by atoms with Gasteiger partial charge >= 0.3 is 5.97 Å². The van der Waals surface area contributed by atoms with Gasteiger partial charge in [-0.3, -0.25) is 9.52 Å². The first kappa shape index (κ1) is 21.8. The van der Waals surface area contributed by atoms with Crippen LogP contribution in [0.5, 0.6) is 5.75 Å². The van der Waals surface area contributed by atoms with Crippen molar-refractivity contribution >= 4 is 27.6 Å². The molecule has 9 heteroatoms. The number of aliphatic carboxylic acids is 1. The van der Waals surface area contributed by atoms with E-state index in [9.17, 15) is 18.0 Å². The molecule has 146 valence electrons. The molecule has 0 heterocycles. The predicted octanol–water partition coefficient (Wildman–Crippen LogP) is 1.83. The van der Waals surface area contributed by atoms with Gasteiger partial charge in [0.2, 0.25) is 15.9 Å². The van der Waals surface area contributed by atoms with Gasteiger partial charge in [-0.15, -0.1) is 0 Å². The van der Waals surface area contributed by atoms with Crippen molar-refractivity contribution in [2.75, 3.05) is 10.5 Å². The summed E-state index contributed by atoms with van der Waals surface area (Å²) in [7, 11) is -3.97. The van der Waals surface area contributed by atoms with Crippen molar-refractivity contribution in [1.29, 1.82) is 0 Å². The number of sulfonamides is 1. The summed E-state index contributed by atoms with van der Waals surface area (Å²) in [6.07, 6.45) is 0.529. The minimum absolute atomic E-state index is 0.00562. The van der Waals surface area contributed by atoms with Crippen molar-refractivity contribution in [3.05, 3.63) is 24.3 Å². The molecule has 0 aliphatic rings. The van der Waals surface area contributed by atoms with Crippen LogP contribution >= 0.6 is 0 Å². The molecule has 0 bridgehead atoms. The molecule has 0 unspecified atom stereocenters. The summed E-state index contributed by atoms with van der Waals surface area (Å²) >= 11 is 0. The molecule has 1 amide bonds. The number of anilines is 1. The van der Waals surface area contributed by atoms with E-state index in [1.807, 2.05) is 13.8 Å². The summed E-state index contributed by atoms with van der Waals surface area (Å²) in [4.78, 5) is 23.2. The van der Waals surface area contributed by atoms with Gasteiger partial charge in [0, 0.05) is 5.69 Å². The fourth-order valence-electron chi connectivity index (χ4n) is 2.16. The van der Waals surface area contributed by atoms with E-state index >= 15 is 0 Å². The number of rotatable bonds is 10. The largest absolute Gasteiger partial charge is 0.491 e. The summed E-state index contributed by atoms with van der Waals surface area (Å²) in [5, 5.41) is 11.4. The average Bonchev–Trinajstić information content (AvgIpc) is 2.52. The molecular weight excluding hydrogens is 360 g/mol. The molecule has 1 aromatic rings. The van der Waals surface area contributed by atoms with E-state index < -0.39 is 33.7 Å². The first-order chi connectivity index (χ1) is 12.0. The summed E-state index contributed by atoms with van der Waals surface area (Å²) in [5.74, 6) is -2.65. The van der Waals surface area contributed by atoms with Crippen molar-refractivity contribution in [3.8, 4) is 5.75 Å². The van der Waals surface area contributed by atoms with Crippen LogP contribution < -0.4 is 14.8 Å². The molecule has 2 atom stereocenters. The normalized spacial score (nSPS) is 13.7. The Labute approximate surface area is 154 Å². The second-order valence-electron chi connectivity index (χ2n) is 6.32. The number of amides is 1. The summed E-state index contributed by atoms with van der Waals surface area (Å²) in [5.41, 5.74) is 0.283. The lowest BCUT2D eigenvalue weighted by Crippen LogP contribution is -2.47. The van der Waals surface area contributed by atoms with Crippen LogP contribution in [0.15, 0.2) is 24.3 Å². The SMILES string of the molecule is CC[C@H](C)[C@H](NC(=O)CS(=O)(=O)Nc1ccc(OC(C)C)cc1)C(=O)O. The Bertz CT molecular complexity index is 715. The Hall–Kier alpha value is -2.29. The Morgan fingerprint density at radius 3 is 2.19 bits per heavy atom. The Morgan fingerprint density at radius 1 is 1.15 bits per heavy atom. The predicted molar refractivity (Wildman–Crippen MR) is 98.6 cm³/mol. The van der Waals surface area contributed by atoms with Gasteiger partial charge in [-0.25, -0.2) is 13.2 Å². The molecule has 0 fully saturated rings. The third-order valence-corrected chi connectivity index (χ3v) is 4.81. The molecule has 0 saturated carbocycles. The van der Waals surface area contributed by atoms with Gasteiger partial charge in [-0.1, -0.05) is 20.3 Å². The zero-order valence-electron chi connectivity index (χ0n) is 15.4. The van der Waals surface area contributed by atoms with E-state index in [1.165, 1.54) is 12.1 Å². The lowest BCUT2D eigenvalue weighted by Gasteiger charge is -2.20. The maximum absolute atomic E-state index is 12.1. The van der Waals surface area contributed by atoms with E-state index in [1.54, 1.807) is 26.0 Å². The number of hydrogen-bond acceptors (Lipinski definition) is 5. The molecule has 8 nitrogen and oxygen atoms in total. The molecular formula is C17H26N2O6S. The maximum Gasteiger partial charge on any atom is 0.326 e. The fraction of sp³-hybridized carbons (Fsp3) is 0.529. The number of nitrogens with one attached hydrogen (secondary N) is 2. The van der Waals surface area contributed by atoms with E-state index in [0.717, 1.165) is 0 Å². The van der Waals surface area contributed by atoms with Crippen molar-refractivity contribution in [1.82, 2.24) is 5.32 Å². The van der Waals surface area contributed by atoms with E-state index in [4.69, 9.17) is 9.84 Å². The lowest BCUT2D eigenvalue weighted by atomic mass is 9.99. The zero-order valence-corrected chi connectivity index (χ0v) is 16.2. The van der Waals surface area contributed by atoms with Gasteiger partial charge in [0.25, 0.3) is 0 Å². The standard InChI is InChI=1S/C17H26N2O6S/c1-5-12(4)16(17(21)22)18-15(20)10-26(23,24)19-13-6-8-14(9-7-13)25-11(2)3/h6-9,11-12,16,19H,5,10H2,1-4H3,(H,18,20)(H,21,22)/t12-,16-/m0/s1. The highest BCUT2D eigenvalue weighted by Crippen LogP contribution is 2.18. The summed E-state index contributed by atoms with van der Waals surface area (Å²) in [6, 6.07) is 5.14. The molecule has 1 rings (SSSR count). The number of carboxylic acid groups (broad SMARTS) is 1. The van der Waals surface area contributed by atoms with Gasteiger partial charge in [0.1, 0.15) is 17.5 Å². The van der Waals surface area contributed by atoms with Crippen molar-refractivity contribution in [2.24, 2.45) is 5.92 Å². The van der Waals surface area contributed by atoms with Crippen LogP contribution in [0, 0.1) is 5.92 Å². The summed E-state index contributed by atoms with van der Waals surface area (Å²) in [6.45, 7) is 7.21. The maximum atomic E-state index is 12.1. The average molecular weight is 386 g/mol. The quantitative estimate of drug-likeness (QED) is 0.564. The topological polar surface area (TPSA) is 122 Å². The molecule has 0 spiro atoms. The van der Waals surface area contributed by atoms with Crippen LogP contribution in [-0.2, 0) is 19.6 Å². The van der Waals surface area contributed by atoms with Crippen molar-refractivity contribution in [2.45, 2.75) is 46.3 Å². The molecule has 1 aromatic carbocycles. The first-order valence-electron chi connectivity index (χ1n) is 8.33. The monoisotopic (exact) mass is 386 g/mol. The van der Waals surface area contributed by atoms with Crippen LogP contribution in [0.25, 0.3) is 0 Å². The molecule has 26 heavy (non-hydrogen) atoms.